The molecule has 4 atom stereocenters. The van der Waals surface area contributed by atoms with Crippen molar-refractivity contribution in [1.82, 2.24) is 10.6 Å². The van der Waals surface area contributed by atoms with Crippen molar-refractivity contribution in [2.45, 2.75) is 63.7 Å². The van der Waals surface area contributed by atoms with Gasteiger partial charge in [0.25, 0.3) is 0 Å². The summed E-state index contributed by atoms with van der Waals surface area (Å²) in [6, 6.07) is 2.98. The Balaban J connectivity index is 1.94. The average molecular weight is 168 g/mol. The van der Waals surface area contributed by atoms with Gasteiger partial charge < -0.3 is 10.6 Å². The molecule has 0 unspecified atom stereocenters. The highest BCUT2D eigenvalue weighted by molar-refractivity contribution is 4.94. The number of nitrogens with one attached hydrogen (secondary N) is 2. The molecule has 70 valence electrons. The first-order valence-electron chi connectivity index (χ1n) is 5.28. The predicted octanol–water partition coefficient (Wildman–Crippen LogP) is 1.27. The number of piperidine rings is 2. The van der Waals surface area contributed by atoms with Crippen LogP contribution in [0.15, 0.2) is 0 Å². The Morgan fingerprint density at radius 3 is 1.58 bits per heavy atom. The minimum atomic E-state index is 0.737. The van der Waals surface area contributed by atoms with Crippen molar-refractivity contribution in [2.75, 3.05) is 0 Å². The standard InChI is InChI=1S/C10H20N2/c1-7-3-5-10-9(11-7)6-4-8(2)12-10/h7-12H,3-6H2,1-2H3/t7-,8+,9-,10-/m1/s1. The number of rotatable bonds is 0. The second-order valence-electron chi connectivity index (χ2n) is 4.50. The van der Waals surface area contributed by atoms with Crippen LogP contribution >= 0.6 is 0 Å². The summed E-state index contributed by atoms with van der Waals surface area (Å²) in [6.45, 7) is 4.60. The van der Waals surface area contributed by atoms with Crippen molar-refractivity contribution >= 4 is 0 Å². The zero-order chi connectivity index (χ0) is 8.55. The predicted molar refractivity (Wildman–Crippen MR) is 51.2 cm³/mol. The maximum Gasteiger partial charge on any atom is 0.0224 e. The molecule has 0 aromatic rings. The van der Waals surface area contributed by atoms with Crippen LogP contribution in [0.2, 0.25) is 0 Å². The van der Waals surface area contributed by atoms with Crippen LogP contribution in [-0.4, -0.2) is 24.2 Å². The summed E-state index contributed by atoms with van der Waals surface area (Å²) in [4.78, 5) is 0. The molecule has 0 radical (unpaired) electrons. The molecule has 12 heavy (non-hydrogen) atoms. The molecule has 0 spiro atoms. The van der Waals surface area contributed by atoms with Crippen molar-refractivity contribution in [3.8, 4) is 0 Å². The fourth-order valence-electron chi connectivity index (χ4n) is 2.56. The van der Waals surface area contributed by atoms with Crippen LogP contribution in [0.3, 0.4) is 0 Å². The Morgan fingerprint density at radius 1 is 0.750 bits per heavy atom. The van der Waals surface area contributed by atoms with Crippen molar-refractivity contribution in [3.63, 3.8) is 0 Å². The summed E-state index contributed by atoms with van der Waals surface area (Å²) >= 11 is 0. The van der Waals surface area contributed by atoms with E-state index in [4.69, 9.17) is 0 Å². The van der Waals surface area contributed by atoms with Crippen molar-refractivity contribution in [3.05, 3.63) is 0 Å². The maximum atomic E-state index is 3.68. The normalized spacial score (nSPS) is 48.5. The second kappa shape index (κ2) is 3.35. The highest BCUT2D eigenvalue weighted by atomic mass is 15.1. The van der Waals surface area contributed by atoms with Gasteiger partial charge in [-0.05, 0) is 39.5 Å². The second-order valence-corrected chi connectivity index (χ2v) is 4.50. The molecule has 2 N–H and O–H groups in total. The van der Waals surface area contributed by atoms with Crippen LogP contribution < -0.4 is 10.6 Å². The first kappa shape index (κ1) is 8.52. The van der Waals surface area contributed by atoms with Crippen molar-refractivity contribution in [1.29, 1.82) is 0 Å². The first-order chi connectivity index (χ1) is 5.75. The average Bonchev–Trinajstić information content (AvgIpc) is 2.05. The third-order valence-electron chi connectivity index (χ3n) is 3.30. The van der Waals surface area contributed by atoms with Crippen LogP contribution in [0, 0.1) is 0 Å². The van der Waals surface area contributed by atoms with Crippen molar-refractivity contribution < 1.29 is 0 Å². The molecule has 2 nitrogen and oxygen atoms in total. The van der Waals surface area contributed by atoms with E-state index in [1.165, 1.54) is 25.7 Å². The van der Waals surface area contributed by atoms with Gasteiger partial charge in [-0.3, -0.25) is 0 Å². The fourth-order valence-corrected chi connectivity index (χ4v) is 2.56. The van der Waals surface area contributed by atoms with Crippen LogP contribution in [0.4, 0.5) is 0 Å². The van der Waals surface area contributed by atoms with E-state index >= 15 is 0 Å². The van der Waals surface area contributed by atoms with E-state index in [0.717, 1.165) is 24.2 Å². The lowest BCUT2D eigenvalue weighted by Gasteiger charge is -2.42. The SMILES string of the molecule is C[C@@H]1CC[C@H]2N[C@@H](C)CC[C@H]2N1. The molecular formula is C10H20N2. The number of hydrogen-bond donors (Lipinski definition) is 2. The Hall–Kier alpha value is -0.0800. The highest BCUT2D eigenvalue weighted by Gasteiger charge is 2.31. The molecule has 2 rings (SSSR count). The molecule has 0 saturated carbocycles. The lowest BCUT2D eigenvalue weighted by Crippen LogP contribution is -2.59. The molecule has 2 heteroatoms. The van der Waals surface area contributed by atoms with Gasteiger partial charge >= 0.3 is 0 Å². The molecule has 0 aromatic heterocycles. The Labute approximate surface area is 75.1 Å². The monoisotopic (exact) mass is 168 g/mol. The zero-order valence-corrected chi connectivity index (χ0v) is 8.14. The van der Waals surface area contributed by atoms with E-state index in [0.29, 0.717) is 0 Å². The molecule has 2 aliphatic heterocycles. The first-order valence-corrected chi connectivity index (χ1v) is 5.28. The van der Waals surface area contributed by atoms with E-state index in [9.17, 15) is 0 Å². The summed E-state index contributed by atoms with van der Waals surface area (Å²) in [7, 11) is 0. The van der Waals surface area contributed by atoms with Gasteiger partial charge in [-0.2, -0.15) is 0 Å². The van der Waals surface area contributed by atoms with Gasteiger partial charge in [-0.15, -0.1) is 0 Å². The topological polar surface area (TPSA) is 24.1 Å². The van der Waals surface area contributed by atoms with Crippen LogP contribution in [0.1, 0.15) is 39.5 Å². The summed E-state index contributed by atoms with van der Waals surface area (Å²) in [5.41, 5.74) is 0. The summed E-state index contributed by atoms with van der Waals surface area (Å²) in [5, 5.41) is 7.35. The Bertz CT molecular complexity index is 140. The lowest BCUT2D eigenvalue weighted by molar-refractivity contribution is 0.192. The summed E-state index contributed by atoms with van der Waals surface area (Å²) < 4.78 is 0. The van der Waals surface area contributed by atoms with Gasteiger partial charge in [0.15, 0.2) is 0 Å². The largest absolute Gasteiger partial charge is 0.310 e. The van der Waals surface area contributed by atoms with Crippen LogP contribution in [-0.2, 0) is 0 Å². The summed E-state index contributed by atoms with van der Waals surface area (Å²) in [5.74, 6) is 0. The summed E-state index contributed by atoms with van der Waals surface area (Å²) in [6.07, 6.45) is 5.40. The van der Waals surface area contributed by atoms with Gasteiger partial charge in [-0.25, -0.2) is 0 Å². The molecule has 2 saturated heterocycles. The van der Waals surface area contributed by atoms with Crippen LogP contribution in [0.5, 0.6) is 0 Å². The van der Waals surface area contributed by atoms with E-state index in [1.807, 2.05) is 0 Å². The molecule has 0 bridgehead atoms. The Kier molecular flexibility index (Phi) is 2.37. The molecule has 2 fully saturated rings. The highest BCUT2D eigenvalue weighted by Crippen LogP contribution is 2.22. The zero-order valence-electron chi connectivity index (χ0n) is 8.14. The third-order valence-corrected chi connectivity index (χ3v) is 3.30. The van der Waals surface area contributed by atoms with Crippen molar-refractivity contribution in [2.24, 2.45) is 0 Å². The molecule has 0 aromatic carbocycles. The fraction of sp³-hybridized carbons (Fsp3) is 1.00. The smallest absolute Gasteiger partial charge is 0.0224 e. The lowest BCUT2D eigenvalue weighted by atomic mass is 9.86. The van der Waals surface area contributed by atoms with Gasteiger partial charge in [0.2, 0.25) is 0 Å². The molecule has 2 heterocycles. The van der Waals surface area contributed by atoms with Crippen LogP contribution in [0.25, 0.3) is 0 Å². The van der Waals surface area contributed by atoms with Gasteiger partial charge in [0, 0.05) is 24.2 Å². The maximum absolute atomic E-state index is 3.68. The molecule has 2 aliphatic rings. The molecule has 0 amide bonds. The number of fused-ring (bicyclic) bond motifs is 1. The van der Waals surface area contributed by atoms with E-state index in [-0.39, 0.29) is 0 Å². The molecule has 0 aliphatic carbocycles. The quantitative estimate of drug-likeness (QED) is 0.569. The van der Waals surface area contributed by atoms with Gasteiger partial charge in [0.05, 0.1) is 0 Å². The minimum absolute atomic E-state index is 0.737. The minimum Gasteiger partial charge on any atom is -0.310 e. The van der Waals surface area contributed by atoms with E-state index < -0.39 is 0 Å². The number of hydrogen-bond acceptors (Lipinski definition) is 2. The van der Waals surface area contributed by atoms with Gasteiger partial charge in [0.1, 0.15) is 0 Å². The van der Waals surface area contributed by atoms with E-state index in [1.54, 1.807) is 0 Å². The molecular weight excluding hydrogens is 148 g/mol. The van der Waals surface area contributed by atoms with E-state index in [2.05, 4.69) is 24.5 Å². The van der Waals surface area contributed by atoms with Gasteiger partial charge in [-0.1, -0.05) is 0 Å². The Morgan fingerprint density at radius 2 is 1.17 bits per heavy atom. The third kappa shape index (κ3) is 1.64.